The summed E-state index contributed by atoms with van der Waals surface area (Å²) in [6, 6.07) is 2.85. The van der Waals surface area contributed by atoms with Crippen LogP contribution in [0.2, 0.25) is 0 Å². The van der Waals surface area contributed by atoms with E-state index in [2.05, 4.69) is 9.97 Å². The topological polar surface area (TPSA) is 105 Å². The molecule has 198 valence electrons. The molecule has 0 spiro atoms. The van der Waals surface area contributed by atoms with Gasteiger partial charge in [-0.3, -0.25) is 4.79 Å². The molecule has 2 N–H and O–H groups in total. The standard InChI is InChI=1S/C26H36FN3O5S/c1-26(2,3)35-25(33)30-10-8-16(9-11-30)14-34-18-12-20(27)23-21(13-18)28-22(29-24(23)32)15-36-19-6-4-17(31)5-7-19/h12-13,16-17,19,31H,4-11,14-15H2,1-3H3,(H,28,29,32). The van der Waals surface area contributed by atoms with Gasteiger partial charge in [0.05, 0.1) is 24.0 Å². The maximum Gasteiger partial charge on any atom is 0.410 e. The largest absolute Gasteiger partial charge is 0.493 e. The molecule has 2 aromatic rings. The molecule has 0 unspecified atom stereocenters. The molecular weight excluding hydrogens is 485 g/mol. The molecule has 10 heteroatoms. The number of nitrogens with zero attached hydrogens (tertiary/aromatic N) is 2. The molecule has 8 nitrogen and oxygen atoms in total. The van der Waals surface area contributed by atoms with Crippen LogP contribution in [0.5, 0.6) is 5.75 Å². The Morgan fingerprint density at radius 3 is 2.56 bits per heavy atom. The number of carbonyl (C=O) groups is 1. The molecule has 1 aromatic carbocycles. The van der Waals surface area contributed by atoms with Crippen LogP contribution < -0.4 is 10.3 Å². The summed E-state index contributed by atoms with van der Waals surface area (Å²) in [5.41, 5.74) is -0.735. The molecule has 1 saturated heterocycles. The summed E-state index contributed by atoms with van der Waals surface area (Å²) in [6.45, 7) is 7.12. The zero-order valence-corrected chi connectivity index (χ0v) is 22.0. The van der Waals surface area contributed by atoms with Crippen LogP contribution in [0, 0.1) is 11.7 Å². The molecule has 4 rings (SSSR count). The predicted octanol–water partition coefficient (Wildman–Crippen LogP) is 4.62. The molecule has 1 aliphatic carbocycles. The van der Waals surface area contributed by atoms with Gasteiger partial charge in [0.15, 0.2) is 0 Å². The maximum absolute atomic E-state index is 14.8. The average Bonchev–Trinajstić information content (AvgIpc) is 2.81. The van der Waals surface area contributed by atoms with Gasteiger partial charge in [-0.05, 0) is 65.2 Å². The van der Waals surface area contributed by atoms with Gasteiger partial charge in [-0.15, -0.1) is 0 Å². The lowest BCUT2D eigenvalue weighted by atomic mass is 9.97. The molecule has 0 atom stereocenters. The fourth-order valence-corrected chi connectivity index (χ4v) is 5.77. The Labute approximate surface area is 215 Å². The van der Waals surface area contributed by atoms with Crippen molar-refractivity contribution in [2.24, 2.45) is 5.92 Å². The third kappa shape index (κ3) is 7.12. The van der Waals surface area contributed by atoms with Gasteiger partial charge in [0.25, 0.3) is 5.56 Å². The van der Waals surface area contributed by atoms with Crippen molar-refractivity contribution in [2.45, 2.75) is 82.0 Å². The monoisotopic (exact) mass is 521 g/mol. The van der Waals surface area contributed by atoms with Crippen LogP contribution in [-0.2, 0) is 10.5 Å². The third-order valence-corrected chi connectivity index (χ3v) is 8.02. The summed E-state index contributed by atoms with van der Waals surface area (Å²) in [7, 11) is 0. The van der Waals surface area contributed by atoms with E-state index in [1.54, 1.807) is 22.7 Å². The van der Waals surface area contributed by atoms with E-state index in [1.807, 2.05) is 20.8 Å². The molecule has 0 radical (unpaired) electrons. The first-order valence-corrected chi connectivity index (χ1v) is 13.7. The minimum absolute atomic E-state index is 0.0671. The molecular formula is C26H36FN3O5S. The van der Waals surface area contributed by atoms with Gasteiger partial charge in [0.2, 0.25) is 0 Å². The number of nitrogens with one attached hydrogen (secondary N) is 1. The van der Waals surface area contributed by atoms with Crippen molar-refractivity contribution >= 4 is 28.8 Å². The van der Waals surface area contributed by atoms with Crippen LogP contribution in [-0.4, -0.2) is 62.7 Å². The van der Waals surface area contributed by atoms with E-state index >= 15 is 0 Å². The van der Waals surface area contributed by atoms with Crippen molar-refractivity contribution in [1.29, 1.82) is 0 Å². The molecule has 1 aliphatic heterocycles. The minimum atomic E-state index is -0.656. The third-order valence-electron chi connectivity index (χ3n) is 6.63. The Morgan fingerprint density at radius 2 is 1.89 bits per heavy atom. The zero-order valence-electron chi connectivity index (χ0n) is 21.2. The number of piperidine rings is 1. The highest BCUT2D eigenvalue weighted by atomic mass is 32.2. The van der Waals surface area contributed by atoms with Crippen molar-refractivity contribution < 1.29 is 23.8 Å². The second-order valence-corrected chi connectivity index (χ2v) is 12.1. The number of aliphatic hydroxyl groups is 1. The average molecular weight is 522 g/mol. The molecule has 2 fully saturated rings. The van der Waals surface area contributed by atoms with Crippen LogP contribution in [0.1, 0.15) is 65.1 Å². The number of carbonyl (C=O) groups excluding carboxylic acids is 1. The van der Waals surface area contributed by atoms with Crippen LogP contribution in [0.15, 0.2) is 16.9 Å². The normalized spacial score (nSPS) is 21.5. The highest BCUT2D eigenvalue weighted by molar-refractivity contribution is 7.99. The summed E-state index contributed by atoms with van der Waals surface area (Å²) in [4.78, 5) is 33.7. The maximum atomic E-state index is 14.8. The molecule has 1 saturated carbocycles. The number of hydrogen-bond donors (Lipinski definition) is 2. The number of thioether (sulfide) groups is 1. The Kier molecular flexibility index (Phi) is 8.44. The quantitative estimate of drug-likeness (QED) is 0.571. The van der Waals surface area contributed by atoms with Crippen LogP contribution >= 0.6 is 11.8 Å². The number of aromatic amines is 1. The van der Waals surface area contributed by atoms with E-state index in [0.29, 0.717) is 42.3 Å². The van der Waals surface area contributed by atoms with Gasteiger partial charge in [-0.2, -0.15) is 11.8 Å². The summed E-state index contributed by atoms with van der Waals surface area (Å²) in [6.07, 6.45) is 4.50. The predicted molar refractivity (Wildman–Crippen MR) is 138 cm³/mol. The summed E-state index contributed by atoms with van der Waals surface area (Å²) in [5, 5.41) is 10.0. The fourth-order valence-electron chi connectivity index (χ4n) is 4.63. The number of fused-ring (bicyclic) bond motifs is 1. The van der Waals surface area contributed by atoms with Crippen molar-refractivity contribution in [1.82, 2.24) is 14.9 Å². The number of halogens is 1. The first kappa shape index (κ1) is 26.7. The van der Waals surface area contributed by atoms with Gasteiger partial charge in [0, 0.05) is 30.5 Å². The lowest BCUT2D eigenvalue weighted by molar-refractivity contribution is 0.0165. The number of hydrogen-bond acceptors (Lipinski definition) is 7. The molecule has 1 amide bonds. The Morgan fingerprint density at radius 1 is 1.19 bits per heavy atom. The Hall–Kier alpha value is -2.33. The van der Waals surface area contributed by atoms with Crippen LogP contribution in [0.4, 0.5) is 9.18 Å². The van der Waals surface area contributed by atoms with E-state index in [9.17, 15) is 19.1 Å². The molecule has 2 heterocycles. The SMILES string of the molecule is CC(C)(C)OC(=O)N1CCC(COc2cc(F)c3c(=O)[nH]c(CSC4CCC(O)CC4)nc3c2)CC1. The summed E-state index contributed by atoms with van der Waals surface area (Å²) >= 11 is 1.71. The molecule has 36 heavy (non-hydrogen) atoms. The number of aliphatic hydroxyl groups excluding tert-OH is 1. The number of likely N-dealkylation sites (tertiary alicyclic amines) is 1. The number of rotatable bonds is 6. The van der Waals surface area contributed by atoms with E-state index in [-0.39, 0.29) is 29.0 Å². The van der Waals surface area contributed by atoms with Gasteiger partial charge in [-0.25, -0.2) is 14.2 Å². The van der Waals surface area contributed by atoms with Crippen molar-refractivity contribution in [3.05, 3.63) is 34.1 Å². The van der Waals surface area contributed by atoms with Crippen LogP contribution in [0.25, 0.3) is 10.9 Å². The number of ether oxygens (including phenoxy) is 2. The Balaban J connectivity index is 1.34. The lowest BCUT2D eigenvalue weighted by Crippen LogP contribution is -2.42. The number of benzene rings is 1. The number of H-pyrrole nitrogens is 1. The molecule has 1 aromatic heterocycles. The second-order valence-electron chi connectivity index (χ2n) is 10.8. The van der Waals surface area contributed by atoms with E-state index in [0.717, 1.165) is 38.5 Å². The first-order valence-electron chi connectivity index (χ1n) is 12.7. The van der Waals surface area contributed by atoms with Gasteiger partial charge < -0.3 is 24.5 Å². The van der Waals surface area contributed by atoms with E-state index in [1.165, 1.54) is 6.07 Å². The Bertz CT molecular complexity index is 1120. The van der Waals surface area contributed by atoms with Gasteiger partial charge in [0.1, 0.15) is 28.4 Å². The number of aromatic nitrogens is 2. The van der Waals surface area contributed by atoms with Crippen molar-refractivity contribution in [3.63, 3.8) is 0 Å². The van der Waals surface area contributed by atoms with Crippen molar-refractivity contribution in [2.75, 3.05) is 19.7 Å². The van der Waals surface area contributed by atoms with Crippen molar-refractivity contribution in [3.8, 4) is 5.75 Å². The number of amides is 1. The fraction of sp³-hybridized carbons (Fsp3) is 0.654. The highest BCUT2D eigenvalue weighted by Crippen LogP contribution is 2.30. The summed E-state index contributed by atoms with van der Waals surface area (Å²) in [5.74, 6) is 0.948. The summed E-state index contributed by atoms with van der Waals surface area (Å²) < 4.78 is 26.1. The first-order chi connectivity index (χ1) is 17.1. The smallest absolute Gasteiger partial charge is 0.410 e. The molecule has 0 bridgehead atoms. The zero-order chi connectivity index (χ0) is 25.9. The molecule has 2 aliphatic rings. The highest BCUT2D eigenvalue weighted by Gasteiger charge is 2.27. The van der Waals surface area contributed by atoms with E-state index in [4.69, 9.17) is 9.47 Å². The van der Waals surface area contributed by atoms with Gasteiger partial charge >= 0.3 is 6.09 Å². The minimum Gasteiger partial charge on any atom is -0.493 e. The lowest BCUT2D eigenvalue weighted by Gasteiger charge is -2.33. The van der Waals surface area contributed by atoms with Crippen LogP contribution in [0.3, 0.4) is 0 Å². The van der Waals surface area contributed by atoms with E-state index < -0.39 is 17.0 Å². The van der Waals surface area contributed by atoms with Gasteiger partial charge in [-0.1, -0.05) is 0 Å². The second kappa shape index (κ2) is 11.4.